The van der Waals surface area contributed by atoms with Crippen LogP contribution < -0.4 is 0 Å². The smallest absolute Gasteiger partial charge is 0.0161 e. The molecule has 2 radical (unpaired) electrons. The van der Waals surface area contributed by atoms with Crippen molar-refractivity contribution in [2.45, 2.75) is 0 Å². The van der Waals surface area contributed by atoms with Crippen LogP contribution in [0.3, 0.4) is 0 Å². The second kappa shape index (κ2) is 6.24. The van der Waals surface area contributed by atoms with Gasteiger partial charge in [-0.3, -0.25) is 0 Å². The molecule has 0 fully saturated rings. The summed E-state index contributed by atoms with van der Waals surface area (Å²) in [7, 11) is 0. The van der Waals surface area contributed by atoms with Gasteiger partial charge in [-0.05, 0) is 17.0 Å². The number of pyridine rings is 1. The van der Waals surface area contributed by atoms with Crippen LogP contribution in [0.4, 0.5) is 0 Å². The molecule has 0 saturated heterocycles. The number of rotatable bonds is 0. The van der Waals surface area contributed by atoms with Gasteiger partial charge in [-0.1, -0.05) is 18.2 Å². The Hall–Kier alpha value is -1.56. The van der Waals surface area contributed by atoms with Gasteiger partial charge in [0.2, 0.25) is 0 Å². The summed E-state index contributed by atoms with van der Waals surface area (Å²) in [6, 6.07) is 17.5. The van der Waals surface area contributed by atoms with Gasteiger partial charge >= 0.3 is 0 Å². The van der Waals surface area contributed by atoms with Crippen LogP contribution in [0.5, 0.6) is 0 Å². The molecule has 0 aliphatic carbocycles. The van der Waals surface area contributed by atoms with E-state index in [4.69, 9.17) is 4.79 Å². The van der Waals surface area contributed by atoms with E-state index in [0.717, 1.165) is 10.9 Å². The zero-order valence-corrected chi connectivity index (χ0v) is 11.6. The molecular weight excluding hydrogens is 384 g/mol. The quantitative estimate of drug-likeness (QED) is 0.435. The first-order valence-electron chi connectivity index (χ1n) is 4.80. The van der Waals surface area contributed by atoms with E-state index in [1.807, 2.05) is 24.4 Å². The van der Waals surface area contributed by atoms with Gasteiger partial charge in [0.05, 0.1) is 0 Å². The van der Waals surface area contributed by atoms with Crippen molar-refractivity contribution in [1.29, 1.82) is 0 Å². The third-order valence-corrected chi connectivity index (χ3v) is 2.41. The van der Waals surface area contributed by atoms with E-state index in [1.54, 1.807) is 0 Å². The average Bonchev–Trinajstić information content (AvgIpc) is 2.41. The van der Waals surface area contributed by atoms with Gasteiger partial charge in [0.25, 0.3) is 0 Å². The van der Waals surface area contributed by atoms with Gasteiger partial charge in [-0.25, -0.2) is 0 Å². The summed E-state index contributed by atoms with van der Waals surface area (Å²) in [6.45, 7) is 4.50. The van der Waals surface area contributed by atoms with Crippen molar-refractivity contribution in [3.8, 4) is 0 Å². The van der Waals surface area contributed by atoms with E-state index >= 15 is 0 Å². The molecule has 0 spiro atoms. The van der Waals surface area contributed by atoms with Crippen molar-refractivity contribution in [3.63, 3.8) is 0 Å². The predicted octanol–water partition coefficient (Wildman–Crippen LogP) is 2.79. The molecule has 3 heteroatoms. The number of fused-ring (bicyclic) bond motifs is 3. The molecule has 3 rings (SSSR count). The zero-order valence-electron chi connectivity index (χ0n) is 8.85. The van der Waals surface area contributed by atoms with Crippen LogP contribution >= 0.6 is 0 Å². The van der Waals surface area contributed by atoms with Gasteiger partial charge in [-0.15, -0.1) is 35.0 Å². The summed E-state index contributed by atoms with van der Waals surface area (Å²) in [5, 5.41) is 3.46. The maximum Gasteiger partial charge on any atom is 0.0161 e. The van der Waals surface area contributed by atoms with Crippen molar-refractivity contribution in [2.75, 3.05) is 0 Å². The topological polar surface area (TPSA) is 30.0 Å². The number of hydrogen-bond acceptors (Lipinski definition) is 2. The van der Waals surface area contributed by atoms with Crippen molar-refractivity contribution in [3.05, 3.63) is 54.7 Å². The van der Waals surface area contributed by atoms with Crippen molar-refractivity contribution < 1.29 is 25.2 Å². The molecule has 1 heterocycles. The molecule has 0 unspecified atom stereocenters. The van der Waals surface area contributed by atoms with E-state index in [2.05, 4.69) is 42.1 Å². The van der Waals surface area contributed by atoms with Gasteiger partial charge in [0, 0.05) is 26.6 Å². The number of hydrogen-bond donors (Lipinski definition) is 0. The molecule has 0 atom stereocenters. The van der Waals surface area contributed by atoms with Crippen LogP contribution in [0.2, 0.25) is 0 Å². The molecule has 1 aromatic heterocycles. The Labute approximate surface area is 113 Å². The Morgan fingerprint density at radius 1 is 1.00 bits per heavy atom. The minimum atomic E-state index is 0. The van der Waals surface area contributed by atoms with Crippen LogP contribution in [0, 0.1) is 6.07 Å². The first kappa shape index (κ1) is 13.5. The van der Waals surface area contributed by atoms with Crippen molar-refractivity contribution in [1.82, 2.24) is 4.98 Å². The normalized spacial score (nSPS) is 9.18. The molecule has 0 amide bonds. The Bertz CT molecular complexity index is 570. The first-order chi connectivity index (χ1) is 7.95. The average molecular weight is 392 g/mol. The van der Waals surface area contributed by atoms with Crippen LogP contribution in [-0.4, -0.2) is 11.8 Å². The maximum absolute atomic E-state index is 7.50. The van der Waals surface area contributed by atoms with Crippen molar-refractivity contribution in [2.24, 2.45) is 0 Å². The fraction of sp³-hybridized carbons (Fsp3) is 0. The standard InChI is InChI=1S/C13H8N.CO.Re/c1-2-6-12-10(4-1)7-8-11-5-3-9-14-13(11)12;1-2;/h1-5,7-9H;;/q2*-1;. The van der Waals surface area contributed by atoms with Gasteiger partial charge in [0.1, 0.15) is 0 Å². The van der Waals surface area contributed by atoms with Gasteiger partial charge in [-0.2, -0.15) is 0 Å². The third-order valence-electron chi connectivity index (χ3n) is 2.41. The molecule has 17 heavy (non-hydrogen) atoms. The van der Waals surface area contributed by atoms with E-state index < -0.39 is 0 Å². The maximum atomic E-state index is 7.50. The molecule has 0 N–H and O–H groups in total. The fourth-order valence-electron chi connectivity index (χ4n) is 1.73. The largest absolute Gasteiger partial charge is 0.573 e. The summed E-state index contributed by atoms with van der Waals surface area (Å²) in [5.74, 6) is 0. The number of aromatic nitrogens is 1. The van der Waals surface area contributed by atoms with Gasteiger partial charge in [0.15, 0.2) is 0 Å². The van der Waals surface area contributed by atoms with E-state index in [0.29, 0.717) is 0 Å². The Morgan fingerprint density at radius 2 is 1.71 bits per heavy atom. The van der Waals surface area contributed by atoms with E-state index in [-0.39, 0.29) is 20.4 Å². The molecule has 84 valence electrons. The summed E-state index contributed by atoms with van der Waals surface area (Å²) < 4.78 is 0. The molecule has 3 aromatic rings. The molecule has 0 saturated carbocycles. The van der Waals surface area contributed by atoms with Crippen molar-refractivity contribution >= 4 is 28.5 Å². The SMILES string of the molecule is [C-]=O.[Re].[c-]1cccc2ccc3cccnc3c12. The Kier molecular flexibility index (Phi) is 4.96. The molecule has 0 bridgehead atoms. The fourth-order valence-corrected chi connectivity index (χ4v) is 1.73. The van der Waals surface area contributed by atoms with E-state index in [1.165, 1.54) is 10.8 Å². The molecule has 2 aromatic carbocycles. The van der Waals surface area contributed by atoms with E-state index in [9.17, 15) is 0 Å². The second-order valence-electron chi connectivity index (χ2n) is 3.28. The second-order valence-corrected chi connectivity index (χ2v) is 3.28. The first-order valence-corrected chi connectivity index (χ1v) is 4.80. The zero-order chi connectivity index (χ0) is 11.4. The number of benzene rings is 2. The summed E-state index contributed by atoms with van der Waals surface area (Å²) in [6.07, 6.45) is 1.82. The van der Waals surface area contributed by atoms with Gasteiger partial charge < -0.3 is 16.6 Å². The molecule has 0 aliphatic rings. The summed E-state index contributed by atoms with van der Waals surface area (Å²) >= 11 is 0. The third kappa shape index (κ3) is 2.58. The Morgan fingerprint density at radius 3 is 2.53 bits per heavy atom. The van der Waals surface area contributed by atoms with Crippen LogP contribution in [0.1, 0.15) is 0 Å². The minimum Gasteiger partial charge on any atom is -0.573 e. The summed E-state index contributed by atoms with van der Waals surface area (Å²) in [4.78, 5) is 11.9. The minimum absolute atomic E-state index is 0. The molecular formula is C14H8NORe-2. The molecule has 0 aliphatic heterocycles. The van der Waals surface area contributed by atoms with Crippen LogP contribution in [0.15, 0.2) is 48.7 Å². The Balaban J connectivity index is 0.000000459. The number of carbonyl (C=O) groups excluding carboxylic acids is 1. The summed E-state index contributed by atoms with van der Waals surface area (Å²) in [5.41, 5.74) is 1.03. The monoisotopic (exact) mass is 393 g/mol. The number of nitrogens with zero attached hydrogens (tertiary/aromatic N) is 1. The van der Waals surface area contributed by atoms with Crippen LogP contribution in [-0.2, 0) is 25.2 Å². The predicted molar refractivity (Wildman–Crippen MR) is 63.8 cm³/mol. The van der Waals surface area contributed by atoms with Crippen LogP contribution in [0.25, 0.3) is 21.7 Å². The molecule has 2 nitrogen and oxygen atoms in total.